The fourth-order valence-corrected chi connectivity index (χ4v) is 2.62. The Balaban J connectivity index is 2.02. The van der Waals surface area contributed by atoms with Gasteiger partial charge in [-0.25, -0.2) is 4.79 Å². The predicted molar refractivity (Wildman–Crippen MR) is 74.2 cm³/mol. The van der Waals surface area contributed by atoms with Crippen molar-refractivity contribution in [3.63, 3.8) is 0 Å². The van der Waals surface area contributed by atoms with Gasteiger partial charge in [-0.1, -0.05) is 12.1 Å². The molecule has 1 aromatic heterocycles. The molecule has 2 aromatic rings. The standard InChI is InChI=1S/C15H13NO5/c17-11-8-13(21-12-6-2-1-4-9(11)12)14(18)16-7-3-5-10(16)15(19)20/h1-2,4,6,8,10H,3,5,7H2,(H,19,20). The van der Waals surface area contributed by atoms with Crippen molar-refractivity contribution in [2.45, 2.75) is 18.9 Å². The zero-order valence-electron chi connectivity index (χ0n) is 11.1. The van der Waals surface area contributed by atoms with Gasteiger partial charge in [-0.2, -0.15) is 0 Å². The molecule has 6 heteroatoms. The highest BCUT2D eigenvalue weighted by molar-refractivity contribution is 5.95. The average Bonchev–Trinajstić information content (AvgIpc) is 2.96. The van der Waals surface area contributed by atoms with Crippen LogP contribution in [0.4, 0.5) is 0 Å². The number of hydrogen-bond acceptors (Lipinski definition) is 4. The van der Waals surface area contributed by atoms with Crippen LogP contribution in [0, 0.1) is 0 Å². The Morgan fingerprint density at radius 3 is 2.81 bits per heavy atom. The van der Waals surface area contributed by atoms with E-state index in [0.29, 0.717) is 30.4 Å². The molecule has 0 spiro atoms. The number of likely N-dealkylation sites (tertiary alicyclic amines) is 1. The number of amides is 1. The van der Waals surface area contributed by atoms with Gasteiger partial charge in [0, 0.05) is 12.6 Å². The highest BCUT2D eigenvalue weighted by atomic mass is 16.4. The first-order valence-electron chi connectivity index (χ1n) is 6.64. The van der Waals surface area contributed by atoms with Crippen molar-refractivity contribution in [1.29, 1.82) is 0 Å². The number of carbonyl (C=O) groups excluding carboxylic acids is 1. The monoisotopic (exact) mass is 287 g/mol. The summed E-state index contributed by atoms with van der Waals surface area (Å²) in [6.45, 7) is 0.354. The Morgan fingerprint density at radius 1 is 1.29 bits per heavy atom. The lowest BCUT2D eigenvalue weighted by molar-refractivity contribution is -0.141. The predicted octanol–water partition coefficient (Wildman–Crippen LogP) is 1.48. The van der Waals surface area contributed by atoms with Gasteiger partial charge in [0.25, 0.3) is 5.91 Å². The number of carbonyl (C=O) groups is 2. The van der Waals surface area contributed by atoms with Crippen LogP contribution < -0.4 is 5.43 Å². The van der Waals surface area contributed by atoms with Crippen molar-refractivity contribution in [2.75, 3.05) is 6.54 Å². The molecule has 1 saturated heterocycles. The van der Waals surface area contributed by atoms with Crippen molar-refractivity contribution >= 4 is 22.8 Å². The molecule has 6 nitrogen and oxygen atoms in total. The van der Waals surface area contributed by atoms with E-state index in [2.05, 4.69) is 0 Å². The van der Waals surface area contributed by atoms with Crippen molar-refractivity contribution in [3.05, 3.63) is 46.3 Å². The van der Waals surface area contributed by atoms with Gasteiger partial charge in [-0.3, -0.25) is 9.59 Å². The van der Waals surface area contributed by atoms with Crippen LogP contribution in [0.1, 0.15) is 23.4 Å². The van der Waals surface area contributed by atoms with Crippen LogP contribution in [0.3, 0.4) is 0 Å². The van der Waals surface area contributed by atoms with Gasteiger partial charge in [0.15, 0.2) is 11.2 Å². The van der Waals surface area contributed by atoms with E-state index in [4.69, 9.17) is 9.52 Å². The van der Waals surface area contributed by atoms with E-state index in [0.717, 1.165) is 6.07 Å². The number of hydrogen-bond donors (Lipinski definition) is 1. The second-order valence-corrected chi connectivity index (χ2v) is 4.97. The normalized spacial score (nSPS) is 18.1. The summed E-state index contributed by atoms with van der Waals surface area (Å²) in [5.41, 5.74) is 0.00527. The third-order valence-corrected chi connectivity index (χ3v) is 3.64. The molecule has 1 aliphatic rings. The summed E-state index contributed by atoms with van der Waals surface area (Å²) in [6.07, 6.45) is 1.04. The summed E-state index contributed by atoms with van der Waals surface area (Å²) < 4.78 is 5.46. The second kappa shape index (κ2) is 5.05. The maximum absolute atomic E-state index is 12.4. The highest BCUT2D eigenvalue weighted by Gasteiger charge is 2.35. The van der Waals surface area contributed by atoms with Crippen LogP contribution in [0.15, 0.2) is 39.5 Å². The zero-order valence-corrected chi connectivity index (χ0v) is 11.1. The summed E-state index contributed by atoms with van der Waals surface area (Å²) in [6, 6.07) is 6.91. The van der Waals surface area contributed by atoms with Crippen LogP contribution in [0.2, 0.25) is 0 Å². The third kappa shape index (κ3) is 2.29. The van der Waals surface area contributed by atoms with Crippen LogP contribution in [0.5, 0.6) is 0 Å². The summed E-state index contributed by atoms with van der Waals surface area (Å²) >= 11 is 0. The van der Waals surface area contributed by atoms with E-state index < -0.39 is 17.9 Å². The first-order valence-corrected chi connectivity index (χ1v) is 6.64. The lowest BCUT2D eigenvalue weighted by Gasteiger charge is -2.20. The van der Waals surface area contributed by atoms with Gasteiger partial charge in [0.1, 0.15) is 11.6 Å². The maximum Gasteiger partial charge on any atom is 0.326 e. The Kier molecular flexibility index (Phi) is 3.21. The van der Waals surface area contributed by atoms with E-state index in [1.165, 1.54) is 4.90 Å². The Bertz CT molecular complexity index is 779. The van der Waals surface area contributed by atoms with Gasteiger partial charge < -0.3 is 14.4 Å². The molecule has 1 N–H and O–H groups in total. The lowest BCUT2D eigenvalue weighted by atomic mass is 10.2. The molecule has 2 heterocycles. The molecule has 1 unspecified atom stereocenters. The molecule has 1 fully saturated rings. The highest BCUT2D eigenvalue weighted by Crippen LogP contribution is 2.21. The minimum Gasteiger partial charge on any atom is -0.480 e. The number of carboxylic acid groups (broad SMARTS) is 1. The first kappa shape index (κ1) is 13.4. The molecule has 1 atom stereocenters. The molecule has 3 rings (SSSR count). The summed E-state index contributed by atoms with van der Waals surface area (Å²) in [5, 5.41) is 9.51. The average molecular weight is 287 g/mol. The minimum absolute atomic E-state index is 0.119. The largest absolute Gasteiger partial charge is 0.480 e. The number of aliphatic carboxylic acids is 1. The fourth-order valence-electron chi connectivity index (χ4n) is 2.62. The number of carboxylic acids is 1. The number of para-hydroxylation sites is 1. The summed E-state index contributed by atoms with van der Waals surface area (Å²) in [7, 11) is 0. The Hall–Kier alpha value is -2.63. The topological polar surface area (TPSA) is 87.8 Å². The van der Waals surface area contributed by atoms with Gasteiger partial charge in [-0.05, 0) is 25.0 Å². The fraction of sp³-hybridized carbons (Fsp3) is 0.267. The molecule has 0 saturated carbocycles. The van der Waals surface area contributed by atoms with Gasteiger partial charge in [0.2, 0.25) is 0 Å². The lowest BCUT2D eigenvalue weighted by Crippen LogP contribution is -2.40. The van der Waals surface area contributed by atoms with Crippen LogP contribution >= 0.6 is 0 Å². The van der Waals surface area contributed by atoms with Crippen molar-refractivity contribution in [3.8, 4) is 0 Å². The Labute approximate surface area is 119 Å². The van der Waals surface area contributed by atoms with Crippen LogP contribution in [0.25, 0.3) is 11.0 Å². The van der Waals surface area contributed by atoms with Crippen LogP contribution in [-0.4, -0.2) is 34.5 Å². The molecule has 0 radical (unpaired) electrons. The molecule has 21 heavy (non-hydrogen) atoms. The third-order valence-electron chi connectivity index (χ3n) is 3.64. The second-order valence-electron chi connectivity index (χ2n) is 4.97. The smallest absolute Gasteiger partial charge is 0.326 e. The molecular formula is C15H13NO5. The van der Waals surface area contributed by atoms with E-state index in [9.17, 15) is 14.4 Å². The van der Waals surface area contributed by atoms with Crippen molar-refractivity contribution < 1.29 is 19.1 Å². The van der Waals surface area contributed by atoms with E-state index >= 15 is 0 Å². The SMILES string of the molecule is O=C(O)C1CCCN1C(=O)c1cc(=O)c2ccccc2o1. The van der Waals surface area contributed by atoms with Gasteiger partial charge in [0.05, 0.1) is 5.39 Å². The molecule has 1 aromatic carbocycles. The number of benzene rings is 1. The van der Waals surface area contributed by atoms with Gasteiger partial charge >= 0.3 is 5.97 Å². The van der Waals surface area contributed by atoms with E-state index in [1.54, 1.807) is 24.3 Å². The van der Waals surface area contributed by atoms with E-state index in [-0.39, 0.29) is 11.2 Å². The number of fused-ring (bicyclic) bond motifs is 1. The molecule has 108 valence electrons. The number of nitrogens with zero attached hydrogens (tertiary/aromatic N) is 1. The molecular weight excluding hydrogens is 274 g/mol. The summed E-state index contributed by atoms with van der Waals surface area (Å²) in [5.74, 6) is -1.71. The minimum atomic E-state index is -1.04. The number of rotatable bonds is 2. The quantitative estimate of drug-likeness (QED) is 0.904. The zero-order chi connectivity index (χ0) is 15.0. The van der Waals surface area contributed by atoms with Crippen molar-refractivity contribution in [1.82, 2.24) is 4.90 Å². The molecule has 0 bridgehead atoms. The molecule has 0 aliphatic carbocycles. The van der Waals surface area contributed by atoms with Crippen molar-refractivity contribution in [2.24, 2.45) is 0 Å². The molecule has 1 aliphatic heterocycles. The van der Waals surface area contributed by atoms with E-state index in [1.807, 2.05) is 0 Å². The van der Waals surface area contributed by atoms with Crippen LogP contribution in [-0.2, 0) is 4.79 Å². The maximum atomic E-state index is 12.4. The first-order chi connectivity index (χ1) is 10.1. The molecule has 1 amide bonds. The van der Waals surface area contributed by atoms with Gasteiger partial charge in [-0.15, -0.1) is 0 Å². The Morgan fingerprint density at radius 2 is 2.05 bits per heavy atom. The summed E-state index contributed by atoms with van der Waals surface area (Å²) in [4.78, 5) is 36.8.